The fraction of sp³-hybridized carbons (Fsp3) is 0.0833. The number of nitrogens with two attached hydrogens (primary N) is 2. The minimum atomic E-state index is -1.40. The molecule has 1 atom stereocenters. The summed E-state index contributed by atoms with van der Waals surface area (Å²) in [6.07, 6.45) is 4.77. The van der Waals surface area contributed by atoms with E-state index in [0.29, 0.717) is 16.7 Å². The number of hydrogen-bond acceptors (Lipinski definition) is 5. The summed E-state index contributed by atoms with van der Waals surface area (Å²) in [4.78, 5) is 8.65. The zero-order valence-electron chi connectivity index (χ0n) is 17.6. The van der Waals surface area contributed by atoms with E-state index in [-0.39, 0.29) is 28.7 Å². The molecule has 1 unspecified atom stereocenters. The average Bonchev–Trinajstić information content (AvgIpc) is 3.30. The Labute approximate surface area is 188 Å². The molecule has 0 spiro atoms. The summed E-state index contributed by atoms with van der Waals surface area (Å²) in [6, 6.07) is 12.9. The van der Waals surface area contributed by atoms with Gasteiger partial charge in [0.25, 0.3) is 5.88 Å². The molecule has 0 saturated carbocycles. The molecule has 0 saturated heterocycles. The number of benzene rings is 2. The second-order valence-corrected chi connectivity index (χ2v) is 7.46. The summed E-state index contributed by atoms with van der Waals surface area (Å²) in [7, 11) is 0. The van der Waals surface area contributed by atoms with E-state index in [1.807, 2.05) is 0 Å². The molecule has 1 aromatic heterocycles. The number of pyridine rings is 1. The highest BCUT2D eigenvalue weighted by Crippen LogP contribution is 2.41. The van der Waals surface area contributed by atoms with Crippen molar-refractivity contribution < 1.29 is 13.5 Å². The summed E-state index contributed by atoms with van der Waals surface area (Å²) in [5, 5.41) is 15.3. The number of allylic oxidation sites excluding steroid dienone is 1. The van der Waals surface area contributed by atoms with E-state index in [0.717, 1.165) is 0 Å². The second-order valence-electron chi connectivity index (χ2n) is 7.46. The van der Waals surface area contributed by atoms with Gasteiger partial charge in [-0.2, -0.15) is 0 Å². The summed E-state index contributed by atoms with van der Waals surface area (Å²) in [5.41, 5.74) is 10.6. The number of halogens is 2. The number of nitrogen functional groups attached to an aromatic ring is 2. The highest BCUT2D eigenvalue weighted by Gasteiger charge is 2.39. The summed E-state index contributed by atoms with van der Waals surface area (Å²) < 4.78 is 36.0. The number of ether oxygens (including phenoxy) is 1. The first-order chi connectivity index (χ1) is 15.7. The molecule has 0 aliphatic carbocycles. The zero-order chi connectivity index (χ0) is 23.8. The standard InChI is InChI=1S/C24H20F2N6O/c1-13-18(25)20(24(9-4-10-31-24)16-7-2-5-14(11-16)21(27)28)32-23(19(13)26)33-17-8-3-6-15(12-17)22(29)30/h2-12H,1H3,(H3,27,28)(H3,29,30). The van der Waals surface area contributed by atoms with Gasteiger partial charge in [-0.25, -0.2) is 13.8 Å². The van der Waals surface area contributed by atoms with Crippen molar-refractivity contribution in [2.75, 3.05) is 0 Å². The Bertz CT molecular complexity index is 1340. The van der Waals surface area contributed by atoms with E-state index in [4.69, 9.17) is 27.0 Å². The van der Waals surface area contributed by atoms with Crippen LogP contribution in [0.3, 0.4) is 0 Å². The van der Waals surface area contributed by atoms with Gasteiger partial charge in [0, 0.05) is 22.9 Å². The van der Waals surface area contributed by atoms with Crippen LogP contribution in [0.2, 0.25) is 0 Å². The lowest BCUT2D eigenvalue weighted by molar-refractivity contribution is 0.402. The van der Waals surface area contributed by atoms with Crippen molar-refractivity contribution in [2.24, 2.45) is 16.5 Å². The molecule has 0 fully saturated rings. The van der Waals surface area contributed by atoms with Crippen LogP contribution in [0, 0.1) is 29.4 Å². The normalized spacial score (nSPS) is 16.7. The van der Waals surface area contributed by atoms with Gasteiger partial charge in [0.2, 0.25) is 0 Å². The van der Waals surface area contributed by atoms with Crippen molar-refractivity contribution in [3.8, 4) is 11.6 Å². The van der Waals surface area contributed by atoms with E-state index in [1.165, 1.54) is 19.2 Å². The van der Waals surface area contributed by atoms with Crippen LogP contribution in [-0.4, -0.2) is 22.9 Å². The Hall–Kier alpha value is -4.40. The highest BCUT2D eigenvalue weighted by molar-refractivity contribution is 5.95. The minimum Gasteiger partial charge on any atom is -0.436 e. The molecule has 7 nitrogen and oxygen atoms in total. The molecule has 0 radical (unpaired) electrons. The Morgan fingerprint density at radius 3 is 2.27 bits per heavy atom. The predicted molar refractivity (Wildman–Crippen MR) is 122 cm³/mol. The smallest absolute Gasteiger partial charge is 0.256 e. The number of nitrogens with one attached hydrogen (secondary N) is 2. The molecule has 1 aliphatic rings. The van der Waals surface area contributed by atoms with Gasteiger partial charge in [-0.05, 0) is 42.8 Å². The number of hydrogen-bond donors (Lipinski definition) is 4. The number of nitrogens with zero attached hydrogens (tertiary/aromatic N) is 2. The van der Waals surface area contributed by atoms with E-state index in [2.05, 4.69) is 9.98 Å². The second kappa shape index (κ2) is 8.27. The maximum Gasteiger partial charge on any atom is 0.256 e. The van der Waals surface area contributed by atoms with Gasteiger partial charge in [0.15, 0.2) is 11.6 Å². The minimum absolute atomic E-state index is 0.156. The van der Waals surface area contributed by atoms with Crippen LogP contribution in [0.25, 0.3) is 0 Å². The molecule has 2 heterocycles. The highest BCUT2D eigenvalue weighted by atomic mass is 19.1. The van der Waals surface area contributed by atoms with Gasteiger partial charge in [-0.1, -0.05) is 30.3 Å². The maximum absolute atomic E-state index is 15.4. The van der Waals surface area contributed by atoms with Crippen molar-refractivity contribution in [2.45, 2.75) is 12.5 Å². The third-order valence-corrected chi connectivity index (χ3v) is 5.30. The monoisotopic (exact) mass is 446 g/mol. The van der Waals surface area contributed by atoms with Crippen molar-refractivity contribution in [1.82, 2.24) is 4.98 Å². The molecule has 3 aromatic rings. The van der Waals surface area contributed by atoms with Crippen LogP contribution in [0.15, 0.2) is 65.7 Å². The number of aliphatic imine (C=N–C) groups is 1. The number of amidine groups is 2. The molecule has 6 N–H and O–H groups in total. The molecule has 9 heteroatoms. The Morgan fingerprint density at radius 2 is 1.64 bits per heavy atom. The van der Waals surface area contributed by atoms with Gasteiger partial charge in [0.05, 0.1) is 0 Å². The topological polar surface area (TPSA) is 134 Å². The molecular weight excluding hydrogens is 426 g/mol. The van der Waals surface area contributed by atoms with Crippen molar-refractivity contribution in [1.29, 1.82) is 10.8 Å². The molecule has 4 rings (SSSR count). The van der Waals surface area contributed by atoms with Crippen molar-refractivity contribution in [3.05, 3.63) is 100 Å². The molecular formula is C24H20F2N6O. The molecule has 0 bridgehead atoms. The first kappa shape index (κ1) is 21.8. The van der Waals surface area contributed by atoms with Crippen molar-refractivity contribution in [3.63, 3.8) is 0 Å². The third kappa shape index (κ3) is 3.84. The Kier molecular flexibility index (Phi) is 5.47. The third-order valence-electron chi connectivity index (χ3n) is 5.30. The summed E-state index contributed by atoms with van der Waals surface area (Å²) in [6.45, 7) is 1.29. The van der Waals surface area contributed by atoms with Crippen LogP contribution in [0.4, 0.5) is 8.78 Å². The lowest BCUT2D eigenvalue weighted by atomic mass is 9.85. The predicted octanol–water partition coefficient (Wildman–Crippen LogP) is 3.91. The van der Waals surface area contributed by atoms with E-state index in [1.54, 1.807) is 54.6 Å². The Morgan fingerprint density at radius 1 is 0.970 bits per heavy atom. The molecule has 1 aliphatic heterocycles. The first-order valence-corrected chi connectivity index (χ1v) is 9.89. The quantitative estimate of drug-likeness (QED) is 0.337. The van der Waals surface area contributed by atoms with E-state index >= 15 is 4.39 Å². The van der Waals surface area contributed by atoms with Gasteiger partial charge >= 0.3 is 0 Å². The Balaban J connectivity index is 1.88. The first-order valence-electron chi connectivity index (χ1n) is 9.89. The molecule has 0 amide bonds. The van der Waals surface area contributed by atoms with Crippen LogP contribution in [0.1, 0.15) is 27.9 Å². The number of rotatable bonds is 6. The van der Waals surface area contributed by atoms with Gasteiger partial charge in [-0.15, -0.1) is 0 Å². The maximum atomic E-state index is 15.4. The van der Waals surface area contributed by atoms with E-state index < -0.39 is 23.1 Å². The van der Waals surface area contributed by atoms with Crippen molar-refractivity contribution >= 4 is 17.9 Å². The van der Waals surface area contributed by atoms with Crippen LogP contribution < -0.4 is 16.2 Å². The lowest BCUT2D eigenvalue weighted by Gasteiger charge is -2.26. The summed E-state index contributed by atoms with van der Waals surface area (Å²) in [5.74, 6) is -2.42. The van der Waals surface area contributed by atoms with Crippen LogP contribution >= 0.6 is 0 Å². The molecule has 33 heavy (non-hydrogen) atoms. The molecule has 166 valence electrons. The van der Waals surface area contributed by atoms with Gasteiger partial charge in [-0.3, -0.25) is 15.8 Å². The van der Waals surface area contributed by atoms with Gasteiger partial charge < -0.3 is 16.2 Å². The summed E-state index contributed by atoms with van der Waals surface area (Å²) >= 11 is 0. The van der Waals surface area contributed by atoms with Crippen LogP contribution in [0.5, 0.6) is 11.6 Å². The van der Waals surface area contributed by atoms with E-state index in [9.17, 15) is 4.39 Å². The fourth-order valence-corrected chi connectivity index (χ4v) is 3.55. The zero-order valence-corrected chi connectivity index (χ0v) is 17.6. The fourth-order valence-electron chi connectivity index (χ4n) is 3.55. The number of aromatic nitrogens is 1. The van der Waals surface area contributed by atoms with Crippen LogP contribution in [-0.2, 0) is 5.54 Å². The van der Waals surface area contributed by atoms with Gasteiger partial charge in [0.1, 0.15) is 28.7 Å². The largest absolute Gasteiger partial charge is 0.436 e. The average molecular weight is 446 g/mol. The molecule has 2 aromatic carbocycles. The SMILES string of the molecule is Cc1c(F)c(Oc2cccc(C(=N)N)c2)nc(C2(c3cccc(C(=N)N)c3)C=CC=N2)c1F. The lowest BCUT2D eigenvalue weighted by Crippen LogP contribution is -2.26.